The van der Waals surface area contributed by atoms with Crippen molar-refractivity contribution >= 4 is 23.4 Å². The quantitative estimate of drug-likeness (QED) is 0.624. The molecule has 0 fully saturated rings. The Morgan fingerprint density at radius 2 is 1.63 bits per heavy atom. The van der Waals surface area contributed by atoms with E-state index in [0.717, 1.165) is 31.2 Å². The predicted molar refractivity (Wildman–Crippen MR) is 108 cm³/mol. The van der Waals surface area contributed by atoms with Crippen molar-refractivity contribution in [1.29, 1.82) is 0 Å². The highest BCUT2D eigenvalue weighted by atomic mass is 16.2. The lowest BCUT2D eigenvalue weighted by Gasteiger charge is -2.26. The van der Waals surface area contributed by atoms with E-state index < -0.39 is 0 Å². The summed E-state index contributed by atoms with van der Waals surface area (Å²) in [6.45, 7) is 8.43. The van der Waals surface area contributed by atoms with Gasteiger partial charge in [0.15, 0.2) is 0 Å². The molecule has 0 saturated heterocycles. The van der Waals surface area contributed by atoms with Crippen molar-refractivity contribution in [3.05, 3.63) is 29.8 Å². The third-order valence-electron chi connectivity index (χ3n) is 4.54. The maximum atomic E-state index is 12.6. The minimum atomic E-state index is -0.315. The van der Waals surface area contributed by atoms with Gasteiger partial charge in [-0.25, -0.2) is 0 Å². The number of amides is 3. The highest BCUT2D eigenvalue weighted by Crippen LogP contribution is 2.13. The van der Waals surface area contributed by atoms with Crippen LogP contribution in [0.2, 0.25) is 0 Å². The second-order valence-corrected chi connectivity index (χ2v) is 6.82. The van der Waals surface area contributed by atoms with Crippen LogP contribution in [0.15, 0.2) is 24.3 Å². The number of carbonyl (C=O) groups is 3. The fourth-order valence-corrected chi connectivity index (χ4v) is 2.76. The maximum Gasteiger partial charge on any atom is 0.243 e. The van der Waals surface area contributed by atoms with Crippen molar-refractivity contribution in [2.24, 2.45) is 5.92 Å². The van der Waals surface area contributed by atoms with Gasteiger partial charge < -0.3 is 15.5 Å². The number of hydrogen-bond donors (Lipinski definition) is 2. The third kappa shape index (κ3) is 8.24. The normalized spacial score (nSPS) is 10.6. The predicted octanol–water partition coefficient (Wildman–Crippen LogP) is 3.11. The van der Waals surface area contributed by atoms with Gasteiger partial charge in [-0.15, -0.1) is 0 Å². The number of nitrogens with zero attached hydrogens (tertiary/aromatic N) is 1. The zero-order valence-corrected chi connectivity index (χ0v) is 17.0. The fraction of sp³-hybridized carbons (Fsp3) is 0.571. The minimum Gasteiger partial charge on any atom is -0.345 e. The number of unbranched alkanes of at least 4 members (excludes halogenated alkanes) is 1. The summed E-state index contributed by atoms with van der Waals surface area (Å²) in [7, 11) is 0. The first-order valence-electron chi connectivity index (χ1n) is 9.83. The Balaban J connectivity index is 2.53. The average Bonchev–Trinajstić information content (AvgIpc) is 2.66. The molecule has 2 N–H and O–H groups in total. The molecule has 0 heterocycles. The van der Waals surface area contributed by atoms with E-state index in [9.17, 15) is 14.4 Å². The molecule has 0 unspecified atom stereocenters. The molecule has 1 aromatic carbocycles. The first-order valence-corrected chi connectivity index (χ1v) is 9.83. The van der Waals surface area contributed by atoms with E-state index in [1.807, 2.05) is 45.0 Å². The molecule has 1 rings (SSSR count). The average molecular weight is 376 g/mol. The van der Waals surface area contributed by atoms with Gasteiger partial charge in [0.1, 0.15) is 0 Å². The van der Waals surface area contributed by atoms with Crippen LogP contribution in [0.5, 0.6) is 0 Å². The lowest BCUT2D eigenvalue weighted by Crippen LogP contribution is -2.45. The summed E-state index contributed by atoms with van der Waals surface area (Å²) in [6, 6.07) is 7.44. The van der Waals surface area contributed by atoms with Gasteiger partial charge in [0.25, 0.3) is 0 Å². The van der Waals surface area contributed by atoms with Crippen LogP contribution in [0, 0.1) is 12.8 Å². The smallest absolute Gasteiger partial charge is 0.243 e. The lowest BCUT2D eigenvalue weighted by molar-refractivity contribution is -0.139. The second-order valence-electron chi connectivity index (χ2n) is 6.82. The maximum absolute atomic E-state index is 12.6. The first kappa shape index (κ1) is 22.7. The molecule has 0 atom stereocenters. The standard InChI is InChI=1S/C21H33N3O3/c1-5-8-13-24(21(27)17(6-2)7-3)15-20(26)22-14-19(25)23-18-11-9-16(4)10-12-18/h9-12,17H,5-8,13-15H2,1-4H3,(H,22,26)(H,23,25). The largest absolute Gasteiger partial charge is 0.345 e. The Hall–Kier alpha value is -2.37. The topological polar surface area (TPSA) is 78.5 Å². The highest BCUT2D eigenvalue weighted by Gasteiger charge is 2.23. The van der Waals surface area contributed by atoms with Gasteiger partial charge in [-0.1, -0.05) is 44.9 Å². The first-order chi connectivity index (χ1) is 12.9. The number of hydrogen-bond acceptors (Lipinski definition) is 3. The lowest BCUT2D eigenvalue weighted by atomic mass is 10.0. The van der Waals surface area contributed by atoms with Crippen LogP contribution in [0.25, 0.3) is 0 Å². The van der Waals surface area contributed by atoms with Crippen LogP contribution >= 0.6 is 0 Å². The van der Waals surface area contributed by atoms with Gasteiger partial charge in [-0.05, 0) is 38.3 Å². The van der Waals surface area contributed by atoms with Gasteiger partial charge in [-0.3, -0.25) is 14.4 Å². The van der Waals surface area contributed by atoms with Crippen LogP contribution in [0.1, 0.15) is 52.0 Å². The molecule has 27 heavy (non-hydrogen) atoms. The van der Waals surface area contributed by atoms with Crippen LogP contribution in [-0.2, 0) is 14.4 Å². The zero-order chi connectivity index (χ0) is 20.2. The molecular weight excluding hydrogens is 342 g/mol. The number of aryl methyl sites for hydroxylation is 1. The van der Waals surface area contributed by atoms with E-state index in [0.29, 0.717) is 12.2 Å². The highest BCUT2D eigenvalue weighted by molar-refractivity contribution is 5.95. The van der Waals surface area contributed by atoms with Crippen molar-refractivity contribution in [1.82, 2.24) is 10.2 Å². The summed E-state index contributed by atoms with van der Waals surface area (Å²) in [4.78, 5) is 38.5. The summed E-state index contributed by atoms with van der Waals surface area (Å²) in [6.07, 6.45) is 3.33. The Morgan fingerprint density at radius 3 is 2.19 bits per heavy atom. The van der Waals surface area contributed by atoms with E-state index in [-0.39, 0.29) is 36.7 Å². The van der Waals surface area contributed by atoms with E-state index in [2.05, 4.69) is 17.6 Å². The van der Waals surface area contributed by atoms with Gasteiger partial charge in [0.2, 0.25) is 17.7 Å². The molecule has 0 spiro atoms. The summed E-state index contributed by atoms with van der Waals surface area (Å²) < 4.78 is 0. The van der Waals surface area contributed by atoms with Gasteiger partial charge in [0.05, 0.1) is 13.1 Å². The van der Waals surface area contributed by atoms with E-state index >= 15 is 0 Å². The molecule has 0 aliphatic rings. The molecule has 0 saturated carbocycles. The molecule has 1 aromatic rings. The third-order valence-corrected chi connectivity index (χ3v) is 4.54. The van der Waals surface area contributed by atoms with Crippen LogP contribution in [0.4, 0.5) is 5.69 Å². The SMILES string of the molecule is CCCCN(CC(=O)NCC(=O)Nc1ccc(C)cc1)C(=O)C(CC)CC. The van der Waals surface area contributed by atoms with Crippen molar-refractivity contribution in [3.8, 4) is 0 Å². The summed E-state index contributed by atoms with van der Waals surface area (Å²) in [5.74, 6) is -0.643. The molecule has 0 aliphatic carbocycles. The van der Waals surface area contributed by atoms with Crippen molar-refractivity contribution in [3.63, 3.8) is 0 Å². The Labute approximate surface area is 162 Å². The molecule has 3 amide bonds. The van der Waals surface area contributed by atoms with Gasteiger partial charge in [0, 0.05) is 18.2 Å². The van der Waals surface area contributed by atoms with Gasteiger partial charge in [-0.2, -0.15) is 0 Å². The number of benzene rings is 1. The zero-order valence-electron chi connectivity index (χ0n) is 17.0. The van der Waals surface area contributed by atoms with Crippen molar-refractivity contribution in [2.75, 3.05) is 25.0 Å². The van der Waals surface area contributed by atoms with Crippen molar-refractivity contribution < 1.29 is 14.4 Å². The van der Waals surface area contributed by atoms with Gasteiger partial charge >= 0.3 is 0 Å². The molecule has 0 bridgehead atoms. The van der Waals surface area contributed by atoms with Crippen LogP contribution < -0.4 is 10.6 Å². The molecule has 0 aliphatic heterocycles. The van der Waals surface area contributed by atoms with E-state index in [1.54, 1.807) is 4.90 Å². The Bertz CT molecular complexity index is 610. The number of nitrogens with one attached hydrogen (secondary N) is 2. The molecule has 0 aromatic heterocycles. The number of rotatable bonds is 11. The monoisotopic (exact) mass is 375 g/mol. The summed E-state index contributed by atoms with van der Waals surface area (Å²) in [5, 5.41) is 5.34. The van der Waals surface area contributed by atoms with E-state index in [1.165, 1.54) is 0 Å². The van der Waals surface area contributed by atoms with Crippen molar-refractivity contribution in [2.45, 2.75) is 53.4 Å². The molecule has 6 nitrogen and oxygen atoms in total. The molecule has 6 heteroatoms. The van der Waals surface area contributed by atoms with E-state index in [4.69, 9.17) is 0 Å². The number of carbonyl (C=O) groups excluding carboxylic acids is 3. The van der Waals surface area contributed by atoms with Crippen LogP contribution in [-0.4, -0.2) is 42.3 Å². The second kappa shape index (κ2) is 12.1. The minimum absolute atomic E-state index is 0.00680. The number of anilines is 1. The Morgan fingerprint density at radius 1 is 1.00 bits per heavy atom. The molecule has 0 radical (unpaired) electrons. The summed E-state index contributed by atoms with van der Waals surface area (Å²) in [5.41, 5.74) is 1.80. The van der Waals surface area contributed by atoms with Crippen LogP contribution in [0.3, 0.4) is 0 Å². The Kier molecular flexibility index (Phi) is 10.2. The fourth-order valence-electron chi connectivity index (χ4n) is 2.76. The summed E-state index contributed by atoms with van der Waals surface area (Å²) >= 11 is 0. The molecule has 150 valence electrons. The molecular formula is C21H33N3O3.